The summed E-state index contributed by atoms with van der Waals surface area (Å²) in [4.78, 5) is 30.8. The van der Waals surface area contributed by atoms with E-state index in [4.69, 9.17) is 8.94 Å². The summed E-state index contributed by atoms with van der Waals surface area (Å²) >= 11 is 0. The van der Waals surface area contributed by atoms with Crippen LogP contribution in [0.15, 0.2) is 8.94 Å². The first-order valence-corrected chi connectivity index (χ1v) is 8.12. The van der Waals surface area contributed by atoms with Gasteiger partial charge in [0.2, 0.25) is 5.89 Å². The molecular formula is C17H21N3O4. The molecule has 0 saturated heterocycles. The first-order valence-electron chi connectivity index (χ1n) is 8.12. The van der Waals surface area contributed by atoms with Crippen LogP contribution in [-0.4, -0.2) is 33.8 Å². The van der Waals surface area contributed by atoms with Crippen molar-refractivity contribution < 1.29 is 18.5 Å². The van der Waals surface area contributed by atoms with Gasteiger partial charge in [-0.3, -0.25) is 9.59 Å². The van der Waals surface area contributed by atoms with Crippen LogP contribution in [0.4, 0.5) is 0 Å². The molecular weight excluding hydrogens is 310 g/mol. The maximum Gasteiger partial charge on any atom is 0.258 e. The van der Waals surface area contributed by atoms with Gasteiger partial charge in [0.25, 0.3) is 5.91 Å². The molecule has 0 N–H and O–H groups in total. The third kappa shape index (κ3) is 2.86. The monoisotopic (exact) mass is 331 g/mol. The summed E-state index contributed by atoms with van der Waals surface area (Å²) in [6.07, 6.45) is 1.92. The van der Waals surface area contributed by atoms with Crippen LogP contribution in [-0.2, 0) is 13.0 Å². The van der Waals surface area contributed by atoms with E-state index in [9.17, 15) is 9.59 Å². The van der Waals surface area contributed by atoms with Gasteiger partial charge in [-0.1, -0.05) is 19.0 Å². The molecule has 1 amide bonds. The lowest BCUT2D eigenvalue weighted by Gasteiger charge is -2.16. The van der Waals surface area contributed by atoms with Crippen molar-refractivity contribution in [3.8, 4) is 0 Å². The molecule has 0 atom stereocenters. The predicted molar refractivity (Wildman–Crippen MR) is 84.9 cm³/mol. The van der Waals surface area contributed by atoms with E-state index in [1.165, 1.54) is 4.90 Å². The Kier molecular flexibility index (Phi) is 4.26. The van der Waals surface area contributed by atoms with Crippen molar-refractivity contribution >= 4 is 11.7 Å². The highest BCUT2D eigenvalue weighted by molar-refractivity contribution is 6.09. The van der Waals surface area contributed by atoms with Gasteiger partial charge in [0.15, 0.2) is 11.6 Å². The third-order valence-corrected chi connectivity index (χ3v) is 4.16. The van der Waals surface area contributed by atoms with Gasteiger partial charge in [0.05, 0.1) is 17.7 Å². The van der Waals surface area contributed by atoms with Crippen molar-refractivity contribution in [2.75, 3.05) is 7.05 Å². The number of amides is 1. The van der Waals surface area contributed by atoms with E-state index < -0.39 is 0 Å². The molecule has 7 nitrogen and oxygen atoms in total. The lowest BCUT2D eigenvalue weighted by atomic mass is 9.93. The highest BCUT2D eigenvalue weighted by atomic mass is 16.5. The number of nitrogens with zero attached hydrogens (tertiary/aromatic N) is 3. The summed E-state index contributed by atoms with van der Waals surface area (Å²) in [6.45, 7) is 5.85. The summed E-state index contributed by atoms with van der Waals surface area (Å²) in [5, 5.41) is 3.90. The smallest absolute Gasteiger partial charge is 0.258 e. The Morgan fingerprint density at radius 1 is 1.33 bits per heavy atom. The van der Waals surface area contributed by atoms with Gasteiger partial charge in [0, 0.05) is 25.8 Å². The SMILES string of the molecule is Cc1oc2c(c1C(=O)N(C)Cc1noc(C(C)C)n1)C(=O)CCC2. The molecule has 7 heteroatoms. The van der Waals surface area contributed by atoms with E-state index in [2.05, 4.69) is 10.1 Å². The molecule has 0 aliphatic heterocycles. The first kappa shape index (κ1) is 16.4. The Hall–Kier alpha value is -2.44. The minimum absolute atomic E-state index is 0.0218. The van der Waals surface area contributed by atoms with Crippen LogP contribution in [0.25, 0.3) is 0 Å². The molecule has 1 aliphatic rings. The lowest BCUT2D eigenvalue weighted by molar-refractivity contribution is 0.0773. The molecule has 0 fully saturated rings. The van der Waals surface area contributed by atoms with Crippen LogP contribution in [0.3, 0.4) is 0 Å². The van der Waals surface area contributed by atoms with Gasteiger partial charge >= 0.3 is 0 Å². The molecule has 0 radical (unpaired) electrons. The van der Waals surface area contributed by atoms with Crippen molar-refractivity contribution in [2.24, 2.45) is 0 Å². The number of furan rings is 1. The highest BCUT2D eigenvalue weighted by Gasteiger charge is 2.32. The van der Waals surface area contributed by atoms with Crippen molar-refractivity contribution in [1.82, 2.24) is 15.0 Å². The Morgan fingerprint density at radius 2 is 2.08 bits per heavy atom. The Morgan fingerprint density at radius 3 is 2.75 bits per heavy atom. The van der Waals surface area contributed by atoms with Crippen LogP contribution >= 0.6 is 0 Å². The molecule has 0 saturated carbocycles. The van der Waals surface area contributed by atoms with E-state index in [0.29, 0.717) is 47.2 Å². The molecule has 2 aromatic rings. The van der Waals surface area contributed by atoms with Gasteiger partial charge < -0.3 is 13.8 Å². The quantitative estimate of drug-likeness (QED) is 0.856. The predicted octanol–water partition coefficient (Wildman–Crippen LogP) is 2.89. The summed E-state index contributed by atoms with van der Waals surface area (Å²) in [5.41, 5.74) is 0.816. The zero-order chi connectivity index (χ0) is 17.4. The highest BCUT2D eigenvalue weighted by Crippen LogP contribution is 2.30. The number of carbonyl (C=O) groups excluding carboxylic acids is 2. The van der Waals surface area contributed by atoms with E-state index in [-0.39, 0.29) is 24.2 Å². The maximum atomic E-state index is 12.8. The second kappa shape index (κ2) is 6.22. The summed E-state index contributed by atoms with van der Waals surface area (Å²) < 4.78 is 10.8. The fourth-order valence-corrected chi connectivity index (χ4v) is 2.91. The number of hydrogen-bond acceptors (Lipinski definition) is 6. The number of aryl methyl sites for hydroxylation is 2. The molecule has 3 rings (SSSR count). The second-order valence-electron chi connectivity index (χ2n) is 6.47. The van der Waals surface area contributed by atoms with E-state index in [0.717, 1.165) is 6.42 Å². The number of aromatic nitrogens is 2. The summed E-state index contributed by atoms with van der Waals surface area (Å²) in [5.74, 6) is 1.95. The molecule has 0 bridgehead atoms. The standard InChI is InChI=1S/C17H21N3O4/c1-9(2)16-18-13(19-24-16)8-20(4)17(22)14-10(3)23-12-7-5-6-11(21)15(12)14/h9H,5-8H2,1-4H3. The van der Waals surface area contributed by atoms with Crippen molar-refractivity contribution in [2.45, 2.75) is 52.5 Å². The normalized spacial score (nSPS) is 14.1. The average molecular weight is 331 g/mol. The van der Waals surface area contributed by atoms with Crippen LogP contribution in [0, 0.1) is 6.92 Å². The van der Waals surface area contributed by atoms with Gasteiger partial charge in [-0.2, -0.15) is 4.98 Å². The average Bonchev–Trinajstić information content (AvgIpc) is 3.11. The topological polar surface area (TPSA) is 89.4 Å². The van der Waals surface area contributed by atoms with E-state index >= 15 is 0 Å². The minimum atomic E-state index is -0.261. The van der Waals surface area contributed by atoms with Gasteiger partial charge in [-0.15, -0.1) is 0 Å². The second-order valence-corrected chi connectivity index (χ2v) is 6.47. The molecule has 0 spiro atoms. The Balaban J connectivity index is 1.83. The zero-order valence-corrected chi connectivity index (χ0v) is 14.4. The van der Waals surface area contributed by atoms with Crippen molar-refractivity contribution in [1.29, 1.82) is 0 Å². The fourth-order valence-electron chi connectivity index (χ4n) is 2.91. The van der Waals surface area contributed by atoms with E-state index in [1.54, 1.807) is 14.0 Å². The number of hydrogen-bond donors (Lipinski definition) is 0. The zero-order valence-electron chi connectivity index (χ0n) is 14.4. The fraction of sp³-hybridized carbons (Fsp3) is 0.529. The van der Waals surface area contributed by atoms with Crippen molar-refractivity contribution in [3.05, 3.63) is 34.4 Å². The van der Waals surface area contributed by atoms with Gasteiger partial charge in [0.1, 0.15) is 11.5 Å². The Bertz CT molecular complexity index is 788. The van der Waals surface area contributed by atoms with Crippen LogP contribution in [0.2, 0.25) is 0 Å². The van der Waals surface area contributed by atoms with Gasteiger partial charge in [-0.05, 0) is 13.3 Å². The number of Topliss-reactive ketones (excluding diaryl/α,β-unsaturated/α-hetero) is 1. The van der Waals surface area contributed by atoms with Crippen LogP contribution in [0.1, 0.15) is 76.6 Å². The molecule has 0 aromatic carbocycles. The number of carbonyl (C=O) groups is 2. The third-order valence-electron chi connectivity index (χ3n) is 4.16. The Labute approximate surface area is 140 Å². The molecule has 2 heterocycles. The molecule has 128 valence electrons. The summed E-state index contributed by atoms with van der Waals surface area (Å²) in [6, 6.07) is 0. The molecule has 0 unspecified atom stereocenters. The number of fused-ring (bicyclic) bond motifs is 1. The molecule has 2 aromatic heterocycles. The van der Waals surface area contributed by atoms with E-state index in [1.807, 2.05) is 13.8 Å². The maximum absolute atomic E-state index is 12.8. The minimum Gasteiger partial charge on any atom is -0.465 e. The number of rotatable bonds is 4. The largest absolute Gasteiger partial charge is 0.465 e. The van der Waals surface area contributed by atoms with Crippen LogP contribution < -0.4 is 0 Å². The van der Waals surface area contributed by atoms with Crippen molar-refractivity contribution in [3.63, 3.8) is 0 Å². The number of ketones is 1. The molecule has 24 heavy (non-hydrogen) atoms. The van der Waals surface area contributed by atoms with Crippen LogP contribution in [0.5, 0.6) is 0 Å². The summed E-state index contributed by atoms with van der Waals surface area (Å²) in [7, 11) is 1.65. The van der Waals surface area contributed by atoms with Gasteiger partial charge in [-0.25, -0.2) is 0 Å². The lowest BCUT2D eigenvalue weighted by Crippen LogP contribution is -2.28. The molecule has 1 aliphatic carbocycles. The first-order chi connectivity index (χ1) is 11.4.